The summed E-state index contributed by atoms with van der Waals surface area (Å²) in [5, 5.41) is 28.1. The van der Waals surface area contributed by atoms with Gasteiger partial charge in [0.15, 0.2) is 5.76 Å². The third kappa shape index (κ3) is 2.89. The van der Waals surface area contributed by atoms with Gasteiger partial charge in [-0.05, 0) is 25.0 Å². The van der Waals surface area contributed by atoms with E-state index in [2.05, 4.69) is 0 Å². The van der Waals surface area contributed by atoms with Crippen molar-refractivity contribution in [1.82, 2.24) is 4.90 Å². The smallest absolute Gasteiger partial charge is 0.289 e. The summed E-state index contributed by atoms with van der Waals surface area (Å²) >= 11 is 0. The fourth-order valence-electron chi connectivity index (χ4n) is 3.67. The number of hydrogen-bond donors (Lipinski definition) is 3. The largest absolute Gasteiger partial charge is 0.453 e. The summed E-state index contributed by atoms with van der Waals surface area (Å²) in [4.78, 5) is 14.1. The number of ether oxygens (including phenoxy) is 1. The molecule has 23 heavy (non-hydrogen) atoms. The molecule has 1 aliphatic carbocycles. The zero-order valence-corrected chi connectivity index (χ0v) is 13.0. The van der Waals surface area contributed by atoms with Crippen LogP contribution in [0.2, 0.25) is 0 Å². The van der Waals surface area contributed by atoms with Crippen LogP contribution in [0.5, 0.6) is 0 Å². The van der Waals surface area contributed by atoms with Gasteiger partial charge in [0.2, 0.25) is 0 Å². The monoisotopic (exact) mass is 325 g/mol. The molecule has 1 amide bonds. The second-order valence-corrected chi connectivity index (χ2v) is 6.28. The highest BCUT2D eigenvalue weighted by molar-refractivity contribution is 5.91. The van der Waals surface area contributed by atoms with Gasteiger partial charge in [-0.1, -0.05) is 0 Å². The van der Waals surface area contributed by atoms with Gasteiger partial charge in [-0.3, -0.25) is 4.79 Å². The van der Waals surface area contributed by atoms with E-state index in [1.54, 1.807) is 17.0 Å². The van der Waals surface area contributed by atoms with E-state index in [0.29, 0.717) is 38.1 Å². The van der Waals surface area contributed by atoms with Crippen molar-refractivity contribution in [1.29, 1.82) is 0 Å². The van der Waals surface area contributed by atoms with E-state index in [0.717, 1.165) is 0 Å². The number of likely N-dealkylation sites (tertiary alicyclic amines) is 1. The fourth-order valence-corrected chi connectivity index (χ4v) is 3.67. The molecule has 3 rings (SSSR count). The molecule has 2 aliphatic rings. The third-order valence-corrected chi connectivity index (χ3v) is 5.16. The Balaban J connectivity index is 1.60. The second-order valence-electron chi connectivity index (χ2n) is 6.28. The van der Waals surface area contributed by atoms with Crippen LogP contribution in [-0.4, -0.2) is 64.6 Å². The van der Waals surface area contributed by atoms with Gasteiger partial charge in [0.25, 0.3) is 5.91 Å². The summed E-state index contributed by atoms with van der Waals surface area (Å²) < 4.78 is 10.9. The highest BCUT2D eigenvalue weighted by Gasteiger charge is 2.56. The Hall–Kier alpha value is -1.41. The molecule has 0 aromatic carbocycles. The number of carbonyl (C=O) groups is 1. The van der Waals surface area contributed by atoms with Gasteiger partial charge in [-0.25, -0.2) is 0 Å². The van der Waals surface area contributed by atoms with Crippen molar-refractivity contribution >= 4 is 5.91 Å². The molecule has 1 spiro atoms. The van der Waals surface area contributed by atoms with Crippen molar-refractivity contribution in [2.45, 2.75) is 38.1 Å². The number of aliphatic hydroxyl groups excluding tert-OH is 3. The Bertz CT molecular complexity index is 549. The summed E-state index contributed by atoms with van der Waals surface area (Å²) in [6.07, 6.45) is 1.47. The van der Waals surface area contributed by atoms with Crippen LogP contribution in [0, 0.1) is 5.41 Å². The number of hydrogen-bond acceptors (Lipinski definition) is 6. The van der Waals surface area contributed by atoms with Gasteiger partial charge in [0, 0.05) is 24.9 Å². The molecule has 0 unspecified atom stereocenters. The molecule has 0 radical (unpaired) electrons. The molecular weight excluding hydrogens is 302 g/mol. The average Bonchev–Trinajstić information content (AvgIpc) is 3.07. The fraction of sp³-hybridized carbons (Fsp3) is 0.688. The summed E-state index contributed by atoms with van der Waals surface area (Å²) in [6.45, 7) is 1.08. The average molecular weight is 325 g/mol. The molecule has 1 aromatic heterocycles. The minimum absolute atomic E-state index is 0.0288. The summed E-state index contributed by atoms with van der Waals surface area (Å²) in [5.74, 6) is 0.405. The van der Waals surface area contributed by atoms with E-state index in [-0.39, 0.29) is 43.0 Å². The summed E-state index contributed by atoms with van der Waals surface area (Å²) in [5.41, 5.74) is -0.300. The maximum Gasteiger partial charge on any atom is 0.289 e. The molecule has 1 aliphatic heterocycles. The van der Waals surface area contributed by atoms with E-state index in [1.165, 1.54) is 0 Å². The number of rotatable bonds is 5. The second kappa shape index (κ2) is 6.60. The lowest BCUT2D eigenvalue weighted by molar-refractivity contribution is -0.211. The Morgan fingerprint density at radius 3 is 2.65 bits per heavy atom. The number of amides is 1. The van der Waals surface area contributed by atoms with Crippen LogP contribution in [-0.2, 0) is 11.3 Å². The topological polar surface area (TPSA) is 103 Å². The lowest BCUT2D eigenvalue weighted by Gasteiger charge is -2.56. The lowest BCUT2D eigenvalue weighted by Crippen LogP contribution is -2.62. The maximum absolute atomic E-state index is 12.4. The molecule has 2 fully saturated rings. The van der Waals surface area contributed by atoms with Crippen LogP contribution in [0.3, 0.4) is 0 Å². The first kappa shape index (κ1) is 16.4. The van der Waals surface area contributed by atoms with Gasteiger partial charge in [-0.15, -0.1) is 0 Å². The van der Waals surface area contributed by atoms with Crippen LogP contribution in [0.4, 0.5) is 0 Å². The molecule has 0 bridgehead atoms. The SMILES string of the molecule is O=C(c1ccc(CO)o1)N1CCC2(CC1)[C@H](O)C[C@@H]2OCCO. The Morgan fingerprint density at radius 1 is 1.35 bits per heavy atom. The van der Waals surface area contributed by atoms with Gasteiger partial charge < -0.3 is 29.4 Å². The minimum Gasteiger partial charge on any atom is -0.453 e. The standard InChI is InChI=1S/C16H23NO6/c18-7-8-22-14-9-13(20)16(14)3-5-17(6-4-16)15(21)12-2-1-11(10-19)23-12/h1-2,13-14,18-20H,3-10H2/t13-,14+/m1/s1. The van der Waals surface area contributed by atoms with Crippen molar-refractivity contribution < 1.29 is 29.3 Å². The number of furan rings is 1. The molecule has 3 N–H and O–H groups in total. The minimum atomic E-state index is -0.409. The number of piperidine rings is 1. The molecule has 1 saturated carbocycles. The van der Waals surface area contributed by atoms with Crippen molar-refractivity contribution in [3.8, 4) is 0 Å². The first-order valence-corrected chi connectivity index (χ1v) is 8.00. The molecular formula is C16H23NO6. The van der Waals surface area contributed by atoms with Gasteiger partial charge >= 0.3 is 0 Å². The molecule has 128 valence electrons. The van der Waals surface area contributed by atoms with Gasteiger partial charge in [0.1, 0.15) is 12.4 Å². The van der Waals surface area contributed by atoms with Crippen LogP contribution < -0.4 is 0 Å². The van der Waals surface area contributed by atoms with E-state index < -0.39 is 6.10 Å². The molecule has 7 heteroatoms. The number of aliphatic hydroxyl groups is 3. The zero-order chi connectivity index (χ0) is 16.4. The Morgan fingerprint density at radius 2 is 2.09 bits per heavy atom. The predicted octanol–water partition coefficient (Wildman–Crippen LogP) is 0.136. The van der Waals surface area contributed by atoms with E-state index in [4.69, 9.17) is 19.4 Å². The number of carbonyl (C=O) groups excluding carboxylic acids is 1. The van der Waals surface area contributed by atoms with Crippen LogP contribution in [0.15, 0.2) is 16.5 Å². The van der Waals surface area contributed by atoms with E-state index in [1.807, 2.05) is 0 Å². The molecule has 7 nitrogen and oxygen atoms in total. The Kier molecular flexibility index (Phi) is 4.72. The van der Waals surface area contributed by atoms with Crippen molar-refractivity contribution in [2.24, 2.45) is 5.41 Å². The predicted molar refractivity (Wildman–Crippen MR) is 79.7 cm³/mol. The molecule has 1 saturated heterocycles. The van der Waals surface area contributed by atoms with Gasteiger partial charge in [0.05, 0.1) is 25.4 Å². The van der Waals surface area contributed by atoms with Crippen molar-refractivity contribution in [3.05, 3.63) is 23.7 Å². The zero-order valence-electron chi connectivity index (χ0n) is 13.0. The maximum atomic E-state index is 12.4. The van der Waals surface area contributed by atoms with Gasteiger partial charge in [-0.2, -0.15) is 0 Å². The summed E-state index contributed by atoms with van der Waals surface area (Å²) in [6, 6.07) is 3.16. The molecule has 1 aromatic rings. The first-order valence-electron chi connectivity index (χ1n) is 8.00. The normalized spacial score (nSPS) is 26.3. The van der Waals surface area contributed by atoms with Crippen molar-refractivity contribution in [2.75, 3.05) is 26.3 Å². The highest BCUT2D eigenvalue weighted by Crippen LogP contribution is 2.51. The van der Waals surface area contributed by atoms with Crippen LogP contribution in [0.1, 0.15) is 35.6 Å². The third-order valence-electron chi connectivity index (χ3n) is 5.16. The quantitative estimate of drug-likeness (QED) is 0.711. The molecule has 2 atom stereocenters. The summed E-state index contributed by atoms with van der Waals surface area (Å²) in [7, 11) is 0. The highest BCUT2D eigenvalue weighted by atomic mass is 16.5. The van der Waals surface area contributed by atoms with E-state index >= 15 is 0 Å². The van der Waals surface area contributed by atoms with Crippen LogP contribution >= 0.6 is 0 Å². The van der Waals surface area contributed by atoms with Crippen LogP contribution in [0.25, 0.3) is 0 Å². The first-order chi connectivity index (χ1) is 11.1. The lowest BCUT2D eigenvalue weighted by atomic mass is 9.58. The van der Waals surface area contributed by atoms with Crippen molar-refractivity contribution in [3.63, 3.8) is 0 Å². The van der Waals surface area contributed by atoms with E-state index in [9.17, 15) is 9.90 Å². The number of nitrogens with zero attached hydrogens (tertiary/aromatic N) is 1. The Labute approximate surface area is 134 Å². The molecule has 2 heterocycles.